The number of nitrogens with zero attached hydrogens (tertiary/aromatic N) is 2. The monoisotopic (exact) mass is 305 g/mol. The van der Waals surface area contributed by atoms with Crippen LogP contribution in [0.15, 0.2) is 12.4 Å². The molecule has 2 aromatic heterocycles. The number of carbonyl (C=O) groups excluding carboxylic acids is 2. The first kappa shape index (κ1) is 13.7. The zero-order chi connectivity index (χ0) is 15.0. The van der Waals surface area contributed by atoms with Crippen LogP contribution in [0.2, 0.25) is 0 Å². The van der Waals surface area contributed by atoms with Crippen molar-refractivity contribution >= 4 is 39.2 Å². The number of carbonyl (C=O) groups is 2. The molecule has 2 heterocycles. The van der Waals surface area contributed by atoms with Gasteiger partial charge in [0.05, 0.1) is 5.69 Å². The molecule has 2 aromatic rings. The molecule has 0 bridgehead atoms. The molecule has 0 saturated heterocycles. The van der Waals surface area contributed by atoms with Crippen molar-refractivity contribution in [3.63, 3.8) is 0 Å². The molecule has 1 fully saturated rings. The van der Waals surface area contributed by atoms with E-state index in [1.807, 2.05) is 0 Å². The Labute approximate surface area is 125 Å². The SMILES string of the molecule is CC(NC(=O)c1sc2nccnc2c1N)C(=O)NC1CC1. The summed E-state index contributed by atoms with van der Waals surface area (Å²) < 4.78 is 0. The lowest BCUT2D eigenvalue weighted by Gasteiger charge is -2.13. The summed E-state index contributed by atoms with van der Waals surface area (Å²) in [5, 5.41) is 5.50. The molecule has 0 aliphatic heterocycles. The molecule has 7 nitrogen and oxygen atoms in total. The minimum absolute atomic E-state index is 0.179. The van der Waals surface area contributed by atoms with Crippen molar-refractivity contribution in [3.8, 4) is 0 Å². The fourth-order valence-corrected chi connectivity index (χ4v) is 2.82. The van der Waals surface area contributed by atoms with Crippen LogP contribution in [0, 0.1) is 0 Å². The summed E-state index contributed by atoms with van der Waals surface area (Å²) in [6, 6.07) is -0.344. The van der Waals surface area contributed by atoms with E-state index in [4.69, 9.17) is 5.73 Å². The fourth-order valence-electron chi connectivity index (χ4n) is 1.89. The van der Waals surface area contributed by atoms with Crippen molar-refractivity contribution < 1.29 is 9.59 Å². The summed E-state index contributed by atoms with van der Waals surface area (Å²) in [7, 11) is 0. The van der Waals surface area contributed by atoms with Crippen LogP contribution in [0.25, 0.3) is 10.3 Å². The van der Waals surface area contributed by atoms with E-state index in [1.165, 1.54) is 17.5 Å². The first-order valence-corrected chi connectivity index (χ1v) is 7.48. The summed E-state index contributed by atoms with van der Waals surface area (Å²) in [6.07, 6.45) is 5.09. The number of nitrogens with two attached hydrogens (primary N) is 1. The smallest absolute Gasteiger partial charge is 0.264 e. The lowest BCUT2D eigenvalue weighted by Crippen LogP contribution is -2.45. The number of rotatable bonds is 4. The first-order chi connectivity index (χ1) is 10.1. The predicted molar refractivity (Wildman–Crippen MR) is 79.9 cm³/mol. The highest BCUT2D eigenvalue weighted by atomic mass is 32.1. The van der Waals surface area contributed by atoms with Crippen molar-refractivity contribution in [1.82, 2.24) is 20.6 Å². The highest BCUT2D eigenvalue weighted by Crippen LogP contribution is 2.30. The van der Waals surface area contributed by atoms with Gasteiger partial charge in [0.15, 0.2) is 0 Å². The molecule has 3 rings (SSSR count). The van der Waals surface area contributed by atoms with E-state index in [0.717, 1.165) is 12.8 Å². The van der Waals surface area contributed by atoms with Crippen LogP contribution in [-0.2, 0) is 4.79 Å². The number of fused-ring (bicyclic) bond motifs is 1. The van der Waals surface area contributed by atoms with E-state index in [0.29, 0.717) is 20.9 Å². The lowest BCUT2D eigenvalue weighted by atomic mass is 10.2. The van der Waals surface area contributed by atoms with Crippen LogP contribution in [0.3, 0.4) is 0 Å². The van der Waals surface area contributed by atoms with Crippen molar-refractivity contribution in [2.24, 2.45) is 0 Å². The number of hydrogen-bond acceptors (Lipinski definition) is 6. The van der Waals surface area contributed by atoms with E-state index in [2.05, 4.69) is 20.6 Å². The van der Waals surface area contributed by atoms with Crippen molar-refractivity contribution in [2.75, 3.05) is 5.73 Å². The molecule has 1 aliphatic rings. The molecule has 1 atom stereocenters. The molecule has 1 saturated carbocycles. The van der Waals surface area contributed by atoms with Gasteiger partial charge in [-0.15, -0.1) is 11.3 Å². The zero-order valence-corrected chi connectivity index (χ0v) is 12.2. The quantitative estimate of drug-likeness (QED) is 0.769. The highest BCUT2D eigenvalue weighted by Gasteiger charge is 2.27. The van der Waals surface area contributed by atoms with Crippen molar-refractivity contribution in [3.05, 3.63) is 17.3 Å². The summed E-state index contributed by atoms with van der Waals surface area (Å²) in [6.45, 7) is 1.65. The van der Waals surface area contributed by atoms with Gasteiger partial charge in [-0.25, -0.2) is 9.97 Å². The zero-order valence-electron chi connectivity index (χ0n) is 11.4. The second-order valence-corrected chi connectivity index (χ2v) is 6.03. The molecule has 8 heteroatoms. The number of anilines is 1. The first-order valence-electron chi connectivity index (χ1n) is 6.66. The molecule has 2 amide bonds. The molecule has 4 N–H and O–H groups in total. The molecule has 21 heavy (non-hydrogen) atoms. The Morgan fingerprint density at radius 1 is 1.38 bits per heavy atom. The topological polar surface area (TPSA) is 110 Å². The van der Waals surface area contributed by atoms with Crippen LogP contribution in [0.5, 0.6) is 0 Å². The third-order valence-electron chi connectivity index (χ3n) is 3.23. The molecular formula is C13H15N5O2S. The molecule has 0 radical (unpaired) electrons. The third-order valence-corrected chi connectivity index (χ3v) is 4.34. The molecule has 0 spiro atoms. The standard InChI is InChI=1S/C13H15N5O2S/c1-6(11(19)18-7-2-3-7)17-12(20)10-8(14)9-13(21-10)16-5-4-15-9/h4-7H,2-3,14H2,1H3,(H,17,20)(H,18,19). The maximum atomic E-state index is 12.2. The van der Waals surface area contributed by atoms with Gasteiger partial charge >= 0.3 is 0 Å². The maximum absolute atomic E-state index is 12.2. The van der Waals surface area contributed by atoms with Crippen LogP contribution < -0.4 is 16.4 Å². The number of aromatic nitrogens is 2. The molecule has 110 valence electrons. The van der Waals surface area contributed by atoms with Crippen molar-refractivity contribution in [2.45, 2.75) is 31.8 Å². The second-order valence-electron chi connectivity index (χ2n) is 5.03. The van der Waals surface area contributed by atoms with Gasteiger partial charge in [0, 0.05) is 18.4 Å². The Balaban J connectivity index is 1.74. The van der Waals surface area contributed by atoms with Gasteiger partial charge in [0.25, 0.3) is 5.91 Å². The normalized spacial score (nSPS) is 15.7. The van der Waals surface area contributed by atoms with Gasteiger partial charge in [-0.2, -0.15) is 0 Å². The second kappa shape index (κ2) is 5.28. The summed E-state index contributed by atoms with van der Waals surface area (Å²) in [5.41, 5.74) is 6.75. The van der Waals surface area contributed by atoms with E-state index in [1.54, 1.807) is 13.1 Å². The van der Waals surface area contributed by atoms with Crippen LogP contribution >= 0.6 is 11.3 Å². The van der Waals surface area contributed by atoms with E-state index < -0.39 is 6.04 Å². The summed E-state index contributed by atoms with van der Waals surface area (Å²) in [4.78, 5) is 33.2. The average Bonchev–Trinajstić information content (AvgIpc) is 3.21. The minimum atomic E-state index is -0.608. The largest absolute Gasteiger partial charge is 0.396 e. The summed E-state index contributed by atoms with van der Waals surface area (Å²) >= 11 is 1.17. The maximum Gasteiger partial charge on any atom is 0.264 e. The molecule has 1 aliphatic carbocycles. The number of thiophene rings is 1. The van der Waals surface area contributed by atoms with Crippen LogP contribution in [0.4, 0.5) is 5.69 Å². The Bertz CT molecular complexity index is 710. The van der Waals surface area contributed by atoms with Crippen LogP contribution in [0.1, 0.15) is 29.4 Å². The van der Waals surface area contributed by atoms with Gasteiger partial charge in [-0.05, 0) is 19.8 Å². The van der Waals surface area contributed by atoms with Crippen LogP contribution in [-0.4, -0.2) is 33.9 Å². The third kappa shape index (κ3) is 2.80. The number of nitrogens with one attached hydrogen (secondary N) is 2. The Morgan fingerprint density at radius 3 is 2.76 bits per heavy atom. The average molecular weight is 305 g/mol. The Morgan fingerprint density at radius 2 is 2.10 bits per heavy atom. The van der Waals surface area contributed by atoms with Gasteiger partial charge in [0.2, 0.25) is 5.91 Å². The van der Waals surface area contributed by atoms with Gasteiger partial charge in [0.1, 0.15) is 21.3 Å². The van der Waals surface area contributed by atoms with E-state index in [9.17, 15) is 9.59 Å². The molecule has 1 unspecified atom stereocenters. The van der Waals surface area contributed by atoms with Gasteiger partial charge < -0.3 is 16.4 Å². The molecule has 0 aromatic carbocycles. The van der Waals surface area contributed by atoms with E-state index >= 15 is 0 Å². The van der Waals surface area contributed by atoms with E-state index in [-0.39, 0.29) is 17.9 Å². The van der Waals surface area contributed by atoms with Crippen molar-refractivity contribution in [1.29, 1.82) is 0 Å². The molecular weight excluding hydrogens is 290 g/mol. The number of hydrogen-bond donors (Lipinski definition) is 3. The predicted octanol–water partition coefficient (Wildman–Crippen LogP) is 0.670. The number of nitrogen functional groups attached to an aromatic ring is 1. The Hall–Kier alpha value is -2.22. The number of amides is 2. The van der Waals surface area contributed by atoms with Gasteiger partial charge in [-0.1, -0.05) is 0 Å². The Kier molecular flexibility index (Phi) is 3.46. The fraction of sp³-hybridized carbons (Fsp3) is 0.385. The van der Waals surface area contributed by atoms with Gasteiger partial charge in [-0.3, -0.25) is 9.59 Å². The lowest BCUT2D eigenvalue weighted by molar-refractivity contribution is -0.122. The summed E-state index contributed by atoms with van der Waals surface area (Å²) in [5.74, 6) is -0.558. The minimum Gasteiger partial charge on any atom is -0.396 e. The highest BCUT2D eigenvalue weighted by molar-refractivity contribution is 7.21.